The number of nitrogens with zero attached hydrogens (tertiary/aromatic N) is 1. The lowest BCUT2D eigenvalue weighted by molar-refractivity contribution is 0.305. The van der Waals surface area contributed by atoms with E-state index in [9.17, 15) is 0 Å². The van der Waals surface area contributed by atoms with Crippen molar-refractivity contribution in [3.05, 3.63) is 65.7 Å². The molecule has 0 bridgehead atoms. The molecule has 0 spiro atoms. The van der Waals surface area contributed by atoms with Gasteiger partial charge in [-0.1, -0.05) is 42.5 Å². The first-order chi connectivity index (χ1) is 9.42. The molecule has 1 aliphatic heterocycles. The summed E-state index contributed by atoms with van der Waals surface area (Å²) >= 11 is 0. The normalized spacial score (nSPS) is 17.2. The second-order valence-electron chi connectivity index (χ2n) is 4.45. The molecule has 3 rings (SSSR count). The predicted octanol–water partition coefficient (Wildman–Crippen LogP) is 3.37. The molecule has 0 saturated carbocycles. The quantitative estimate of drug-likeness (QED) is 0.836. The topological polar surface area (TPSA) is 30.8 Å². The summed E-state index contributed by atoms with van der Waals surface area (Å²) in [7, 11) is 0. The molecule has 0 amide bonds. The summed E-state index contributed by atoms with van der Waals surface area (Å²) in [5, 5.41) is 0. The molecular weight excluding hydrogens is 238 g/mol. The highest BCUT2D eigenvalue weighted by atomic mass is 16.5. The van der Waals surface area contributed by atoms with E-state index < -0.39 is 0 Å². The second kappa shape index (κ2) is 5.57. The van der Waals surface area contributed by atoms with Gasteiger partial charge in [-0.15, -0.1) is 0 Å². The van der Waals surface area contributed by atoms with Crippen LogP contribution in [0.5, 0.6) is 5.75 Å². The van der Waals surface area contributed by atoms with Gasteiger partial charge in [0.1, 0.15) is 25.0 Å². The molecule has 0 radical (unpaired) electrons. The Bertz CT molecular complexity index is 549. The fraction of sp³-hybridized carbons (Fsp3) is 0.188. The molecular formula is C16H15NO2. The lowest BCUT2D eigenvalue weighted by atomic mass is 10.1. The summed E-state index contributed by atoms with van der Waals surface area (Å²) in [4.78, 5) is 4.24. The van der Waals surface area contributed by atoms with Crippen LogP contribution in [0.2, 0.25) is 0 Å². The highest BCUT2D eigenvalue weighted by Gasteiger charge is 2.13. The Balaban J connectivity index is 1.61. The minimum atomic E-state index is 0.128. The van der Waals surface area contributed by atoms with Gasteiger partial charge in [0.25, 0.3) is 0 Å². The summed E-state index contributed by atoms with van der Waals surface area (Å²) in [5.41, 5.74) is 2.32. The van der Waals surface area contributed by atoms with E-state index in [1.807, 2.05) is 42.5 Å². The van der Waals surface area contributed by atoms with Gasteiger partial charge in [0.05, 0.1) is 0 Å². The molecule has 0 aliphatic carbocycles. The first-order valence-corrected chi connectivity index (χ1v) is 6.32. The van der Waals surface area contributed by atoms with Gasteiger partial charge in [-0.25, -0.2) is 4.99 Å². The van der Waals surface area contributed by atoms with Gasteiger partial charge in [-0.3, -0.25) is 0 Å². The third kappa shape index (κ3) is 2.94. The van der Waals surface area contributed by atoms with Crippen LogP contribution in [0.4, 0.5) is 0 Å². The van der Waals surface area contributed by atoms with Crippen molar-refractivity contribution in [3.63, 3.8) is 0 Å². The van der Waals surface area contributed by atoms with E-state index in [1.165, 1.54) is 12.0 Å². The Labute approximate surface area is 112 Å². The number of aliphatic imine (C=N–C) groups is 1. The second-order valence-corrected chi connectivity index (χ2v) is 4.45. The molecule has 3 nitrogen and oxygen atoms in total. The van der Waals surface area contributed by atoms with Gasteiger partial charge in [0, 0.05) is 0 Å². The van der Waals surface area contributed by atoms with Crippen molar-refractivity contribution in [1.29, 1.82) is 0 Å². The minimum Gasteiger partial charge on any atom is -0.489 e. The van der Waals surface area contributed by atoms with Crippen molar-refractivity contribution >= 4 is 6.40 Å². The average Bonchev–Trinajstić information content (AvgIpc) is 3.01. The van der Waals surface area contributed by atoms with E-state index in [-0.39, 0.29) is 6.04 Å². The van der Waals surface area contributed by atoms with E-state index >= 15 is 0 Å². The third-order valence-corrected chi connectivity index (χ3v) is 3.08. The zero-order chi connectivity index (χ0) is 12.9. The number of hydrogen-bond acceptors (Lipinski definition) is 3. The monoisotopic (exact) mass is 253 g/mol. The van der Waals surface area contributed by atoms with Crippen LogP contribution in [0.1, 0.15) is 17.2 Å². The molecule has 19 heavy (non-hydrogen) atoms. The maximum absolute atomic E-state index is 5.74. The standard InChI is InChI=1S/C16H15NO2/c1-2-4-13(5-3-1)10-19-15-8-6-14(7-9-15)16-11-18-12-17-16/h1-9,12,16H,10-11H2. The first kappa shape index (κ1) is 11.8. The first-order valence-electron chi connectivity index (χ1n) is 6.32. The van der Waals surface area contributed by atoms with Gasteiger partial charge in [0.2, 0.25) is 0 Å². The number of benzene rings is 2. The van der Waals surface area contributed by atoms with Gasteiger partial charge in [0.15, 0.2) is 6.40 Å². The Morgan fingerprint density at radius 3 is 2.53 bits per heavy atom. The van der Waals surface area contributed by atoms with Crippen molar-refractivity contribution in [1.82, 2.24) is 0 Å². The van der Waals surface area contributed by atoms with Crippen molar-refractivity contribution in [3.8, 4) is 5.75 Å². The van der Waals surface area contributed by atoms with Crippen LogP contribution in [-0.4, -0.2) is 13.0 Å². The maximum atomic E-state index is 5.74. The average molecular weight is 253 g/mol. The van der Waals surface area contributed by atoms with Crippen molar-refractivity contribution < 1.29 is 9.47 Å². The summed E-state index contributed by atoms with van der Waals surface area (Å²) in [5.74, 6) is 0.871. The Morgan fingerprint density at radius 1 is 1.05 bits per heavy atom. The van der Waals surface area contributed by atoms with Crippen molar-refractivity contribution in [2.75, 3.05) is 6.61 Å². The smallest absolute Gasteiger partial charge is 0.170 e. The van der Waals surface area contributed by atoms with E-state index in [2.05, 4.69) is 17.1 Å². The molecule has 0 saturated heterocycles. The molecule has 1 atom stereocenters. The molecule has 0 fully saturated rings. The zero-order valence-electron chi connectivity index (χ0n) is 10.5. The number of rotatable bonds is 4. The van der Waals surface area contributed by atoms with E-state index in [0.29, 0.717) is 13.2 Å². The van der Waals surface area contributed by atoms with Gasteiger partial charge in [-0.05, 0) is 23.3 Å². The van der Waals surface area contributed by atoms with Gasteiger partial charge >= 0.3 is 0 Å². The molecule has 96 valence electrons. The van der Waals surface area contributed by atoms with Crippen LogP contribution in [0.25, 0.3) is 0 Å². The molecule has 0 N–H and O–H groups in total. The summed E-state index contributed by atoms with van der Waals surface area (Å²) in [6, 6.07) is 18.3. The Hall–Kier alpha value is -2.29. The van der Waals surface area contributed by atoms with Crippen LogP contribution < -0.4 is 4.74 Å². The van der Waals surface area contributed by atoms with Crippen LogP contribution in [-0.2, 0) is 11.3 Å². The Morgan fingerprint density at radius 2 is 1.84 bits per heavy atom. The highest BCUT2D eigenvalue weighted by molar-refractivity contribution is 5.50. The van der Waals surface area contributed by atoms with Crippen LogP contribution >= 0.6 is 0 Å². The van der Waals surface area contributed by atoms with Crippen LogP contribution in [0.15, 0.2) is 59.6 Å². The summed E-state index contributed by atoms with van der Waals surface area (Å²) in [6.45, 7) is 1.22. The third-order valence-electron chi connectivity index (χ3n) is 3.08. The lowest BCUT2D eigenvalue weighted by Gasteiger charge is -2.09. The summed E-state index contributed by atoms with van der Waals surface area (Å²) in [6.07, 6.45) is 1.52. The number of hydrogen-bond donors (Lipinski definition) is 0. The molecule has 0 aromatic heterocycles. The van der Waals surface area contributed by atoms with E-state index in [0.717, 1.165) is 11.3 Å². The zero-order valence-corrected chi connectivity index (χ0v) is 10.5. The highest BCUT2D eigenvalue weighted by Crippen LogP contribution is 2.23. The van der Waals surface area contributed by atoms with E-state index in [4.69, 9.17) is 9.47 Å². The molecule has 1 unspecified atom stereocenters. The molecule has 2 aromatic rings. The van der Waals surface area contributed by atoms with E-state index in [1.54, 1.807) is 0 Å². The molecule has 1 aliphatic rings. The number of ether oxygens (including phenoxy) is 2. The largest absolute Gasteiger partial charge is 0.489 e. The minimum absolute atomic E-state index is 0.128. The lowest BCUT2D eigenvalue weighted by Crippen LogP contribution is -1.98. The summed E-state index contributed by atoms with van der Waals surface area (Å²) < 4.78 is 10.9. The predicted molar refractivity (Wildman–Crippen MR) is 74.4 cm³/mol. The fourth-order valence-electron chi connectivity index (χ4n) is 2.00. The molecule has 2 aromatic carbocycles. The maximum Gasteiger partial charge on any atom is 0.170 e. The SMILES string of the molecule is C1=NC(c2ccc(OCc3ccccc3)cc2)CO1. The van der Waals surface area contributed by atoms with Gasteiger partial charge < -0.3 is 9.47 Å². The molecule has 3 heteroatoms. The van der Waals surface area contributed by atoms with Crippen molar-refractivity contribution in [2.24, 2.45) is 4.99 Å². The van der Waals surface area contributed by atoms with Gasteiger partial charge in [-0.2, -0.15) is 0 Å². The van der Waals surface area contributed by atoms with Crippen LogP contribution in [0.3, 0.4) is 0 Å². The van der Waals surface area contributed by atoms with Crippen LogP contribution in [0, 0.1) is 0 Å². The Kier molecular flexibility index (Phi) is 3.45. The molecule has 1 heterocycles. The van der Waals surface area contributed by atoms with Crippen molar-refractivity contribution in [2.45, 2.75) is 12.6 Å². The fourth-order valence-corrected chi connectivity index (χ4v) is 2.00.